The second-order valence-corrected chi connectivity index (χ2v) is 4.66. The van der Waals surface area contributed by atoms with Crippen LogP contribution in [0.4, 0.5) is 10.1 Å². The number of nitrogens with two attached hydrogens (primary N) is 1. The molecule has 4 heteroatoms. The fraction of sp³-hybridized carbons (Fsp3) is 0.462. The fourth-order valence-electron chi connectivity index (χ4n) is 2.27. The molecule has 1 aromatic rings. The monoisotopic (exact) mass is 233 g/mol. The van der Waals surface area contributed by atoms with Gasteiger partial charge in [0.15, 0.2) is 0 Å². The normalized spacial score (nSPS) is 21.3. The summed E-state index contributed by atoms with van der Waals surface area (Å²) in [5.41, 5.74) is 7.02. The molecule has 1 aliphatic heterocycles. The van der Waals surface area contributed by atoms with Gasteiger partial charge in [-0.15, -0.1) is 0 Å². The van der Waals surface area contributed by atoms with Crippen LogP contribution in [0.5, 0.6) is 0 Å². The molecule has 1 fully saturated rings. The number of rotatable bonds is 2. The average Bonchev–Trinajstić information content (AvgIpc) is 2.77. The lowest BCUT2D eigenvalue weighted by molar-refractivity contribution is 0.488. The van der Waals surface area contributed by atoms with Crippen molar-refractivity contribution in [1.82, 2.24) is 0 Å². The molecule has 17 heavy (non-hydrogen) atoms. The molecule has 2 unspecified atom stereocenters. The van der Waals surface area contributed by atoms with Crippen molar-refractivity contribution < 1.29 is 4.39 Å². The second-order valence-electron chi connectivity index (χ2n) is 4.66. The Kier molecular flexibility index (Phi) is 3.30. The van der Waals surface area contributed by atoms with Crippen LogP contribution >= 0.6 is 0 Å². The van der Waals surface area contributed by atoms with E-state index in [1.54, 1.807) is 6.07 Å². The number of nitrogens with zero attached hydrogens (tertiary/aromatic N) is 2. The van der Waals surface area contributed by atoms with Gasteiger partial charge in [0.1, 0.15) is 5.82 Å². The first-order chi connectivity index (χ1) is 8.10. The van der Waals surface area contributed by atoms with Crippen LogP contribution in [0.25, 0.3) is 0 Å². The Balaban J connectivity index is 2.19. The Morgan fingerprint density at radius 3 is 2.88 bits per heavy atom. The van der Waals surface area contributed by atoms with Gasteiger partial charge in [-0.2, -0.15) is 5.26 Å². The molecular weight excluding hydrogens is 217 g/mol. The molecule has 1 aliphatic rings. The summed E-state index contributed by atoms with van der Waals surface area (Å²) < 4.78 is 13.3. The molecule has 3 nitrogen and oxygen atoms in total. The van der Waals surface area contributed by atoms with Gasteiger partial charge in [0.05, 0.1) is 11.6 Å². The van der Waals surface area contributed by atoms with Gasteiger partial charge in [0, 0.05) is 24.8 Å². The van der Waals surface area contributed by atoms with Gasteiger partial charge in [-0.05, 0) is 37.5 Å². The highest BCUT2D eigenvalue weighted by atomic mass is 19.1. The number of nitriles is 1. The van der Waals surface area contributed by atoms with E-state index in [4.69, 9.17) is 11.0 Å². The second kappa shape index (κ2) is 4.72. The maximum absolute atomic E-state index is 13.3. The number of halogens is 1. The molecule has 1 heterocycles. The third-order valence-corrected chi connectivity index (χ3v) is 3.35. The van der Waals surface area contributed by atoms with Crippen LogP contribution in [0.15, 0.2) is 18.2 Å². The van der Waals surface area contributed by atoms with E-state index in [9.17, 15) is 4.39 Å². The van der Waals surface area contributed by atoms with Crippen molar-refractivity contribution >= 4 is 5.69 Å². The van der Waals surface area contributed by atoms with Crippen molar-refractivity contribution in [2.75, 3.05) is 18.0 Å². The zero-order valence-electron chi connectivity index (χ0n) is 9.86. The lowest BCUT2D eigenvalue weighted by Crippen LogP contribution is -2.29. The van der Waals surface area contributed by atoms with Crippen molar-refractivity contribution in [2.45, 2.75) is 19.4 Å². The Bertz CT molecular complexity index is 450. The fourth-order valence-corrected chi connectivity index (χ4v) is 2.27. The van der Waals surface area contributed by atoms with E-state index >= 15 is 0 Å². The number of anilines is 1. The molecule has 2 N–H and O–H groups in total. The van der Waals surface area contributed by atoms with Gasteiger partial charge in [-0.25, -0.2) is 4.39 Å². The molecule has 0 saturated carbocycles. The topological polar surface area (TPSA) is 53.0 Å². The average molecular weight is 233 g/mol. The van der Waals surface area contributed by atoms with E-state index in [2.05, 4.69) is 4.90 Å². The standard InChI is InChI=1S/C13H16FN3/c1-9(16)11-2-3-17(8-11)13-5-10(7-15)4-12(14)6-13/h4-6,9,11H,2-3,8,16H2,1H3. The molecule has 0 aliphatic carbocycles. The van der Waals surface area contributed by atoms with Crippen molar-refractivity contribution in [1.29, 1.82) is 5.26 Å². The van der Waals surface area contributed by atoms with Crippen molar-refractivity contribution in [3.8, 4) is 6.07 Å². The van der Waals surface area contributed by atoms with E-state index in [0.29, 0.717) is 11.5 Å². The SMILES string of the molecule is CC(N)C1CCN(c2cc(F)cc(C#N)c2)C1. The molecule has 0 aromatic heterocycles. The highest BCUT2D eigenvalue weighted by Gasteiger charge is 2.25. The molecule has 1 aromatic carbocycles. The quantitative estimate of drug-likeness (QED) is 0.848. The van der Waals surface area contributed by atoms with Crippen LogP contribution in [0.1, 0.15) is 18.9 Å². The minimum atomic E-state index is -0.358. The molecule has 2 rings (SSSR count). The van der Waals surface area contributed by atoms with Crippen molar-refractivity contribution in [3.05, 3.63) is 29.6 Å². The Morgan fingerprint density at radius 2 is 2.29 bits per heavy atom. The van der Waals surface area contributed by atoms with Gasteiger partial charge in [-0.3, -0.25) is 0 Å². The smallest absolute Gasteiger partial charge is 0.126 e. The summed E-state index contributed by atoms with van der Waals surface area (Å²) >= 11 is 0. The molecule has 0 amide bonds. The zero-order chi connectivity index (χ0) is 12.4. The molecule has 0 spiro atoms. The third-order valence-electron chi connectivity index (χ3n) is 3.35. The summed E-state index contributed by atoms with van der Waals surface area (Å²) in [5, 5.41) is 8.81. The van der Waals surface area contributed by atoms with E-state index < -0.39 is 0 Å². The lowest BCUT2D eigenvalue weighted by atomic mass is 10.0. The molecule has 2 atom stereocenters. The summed E-state index contributed by atoms with van der Waals surface area (Å²) in [5.74, 6) is 0.0899. The summed E-state index contributed by atoms with van der Waals surface area (Å²) in [4.78, 5) is 2.10. The first-order valence-electron chi connectivity index (χ1n) is 5.81. The first kappa shape index (κ1) is 11.9. The van der Waals surface area contributed by atoms with Crippen molar-refractivity contribution in [3.63, 3.8) is 0 Å². The summed E-state index contributed by atoms with van der Waals surface area (Å²) in [7, 11) is 0. The van der Waals surface area contributed by atoms with Crippen molar-refractivity contribution in [2.24, 2.45) is 11.7 Å². The summed E-state index contributed by atoms with van der Waals surface area (Å²) in [6.45, 7) is 3.72. The van der Waals surface area contributed by atoms with Gasteiger partial charge in [0.2, 0.25) is 0 Å². The number of hydrogen-bond acceptors (Lipinski definition) is 3. The predicted octanol–water partition coefficient (Wildman–Crippen LogP) is 1.87. The van der Waals surface area contributed by atoms with Gasteiger partial charge in [-0.1, -0.05) is 0 Å². The third kappa shape index (κ3) is 2.56. The zero-order valence-corrected chi connectivity index (χ0v) is 9.86. The highest BCUT2D eigenvalue weighted by molar-refractivity contribution is 5.52. The molecular formula is C13H16FN3. The Morgan fingerprint density at radius 1 is 1.53 bits per heavy atom. The lowest BCUT2D eigenvalue weighted by Gasteiger charge is -2.20. The van der Waals surface area contributed by atoms with Crippen LogP contribution in [0.3, 0.4) is 0 Å². The summed E-state index contributed by atoms with van der Waals surface area (Å²) in [6, 6.07) is 6.59. The Labute approximate surface area is 101 Å². The Hall–Kier alpha value is -1.60. The van der Waals surface area contributed by atoms with E-state index in [1.165, 1.54) is 12.1 Å². The minimum absolute atomic E-state index is 0.156. The molecule has 0 radical (unpaired) electrons. The van der Waals surface area contributed by atoms with Gasteiger partial charge >= 0.3 is 0 Å². The summed E-state index contributed by atoms with van der Waals surface area (Å²) in [6.07, 6.45) is 1.02. The predicted molar refractivity (Wildman–Crippen MR) is 65.1 cm³/mol. The largest absolute Gasteiger partial charge is 0.371 e. The molecule has 90 valence electrons. The van der Waals surface area contributed by atoms with Crippen LogP contribution in [-0.2, 0) is 0 Å². The van der Waals surface area contributed by atoms with E-state index in [-0.39, 0.29) is 11.9 Å². The van der Waals surface area contributed by atoms with Crippen LogP contribution < -0.4 is 10.6 Å². The van der Waals surface area contributed by atoms with Crippen LogP contribution in [-0.4, -0.2) is 19.1 Å². The highest BCUT2D eigenvalue weighted by Crippen LogP contribution is 2.26. The van der Waals surface area contributed by atoms with Gasteiger partial charge in [0.25, 0.3) is 0 Å². The van der Waals surface area contributed by atoms with Crippen LogP contribution in [0.2, 0.25) is 0 Å². The van der Waals surface area contributed by atoms with Gasteiger partial charge < -0.3 is 10.6 Å². The maximum atomic E-state index is 13.3. The number of benzene rings is 1. The van der Waals surface area contributed by atoms with E-state index in [1.807, 2.05) is 13.0 Å². The molecule has 0 bridgehead atoms. The number of hydrogen-bond donors (Lipinski definition) is 1. The van der Waals surface area contributed by atoms with Crippen LogP contribution in [0, 0.1) is 23.1 Å². The minimum Gasteiger partial charge on any atom is -0.371 e. The maximum Gasteiger partial charge on any atom is 0.126 e. The van der Waals surface area contributed by atoms with E-state index in [0.717, 1.165) is 25.2 Å². The first-order valence-corrected chi connectivity index (χ1v) is 5.81. The molecule has 1 saturated heterocycles.